The van der Waals surface area contributed by atoms with Crippen molar-refractivity contribution in [3.63, 3.8) is 0 Å². The van der Waals surface area contributed by atoms with E-state index in [0.29, 0.717) is 48.4 Å². The highest BCUT2D eigenvalue weighted by Crippen LogP contribution is 2.33. The summed E-state index contributed by atoms with van der Waals surface area (Å²) in [6.07, 6.45) is 4.33. The molecular weight excluding hydrogens is 838 g/mol. The number of carbonyl (C=O) groups excluding carboxylic acids is 7. The van der Waals surface area contributed by atoms with Gasteiger partial charge in [-0.2, -0.15) is 9.35 Å². The zero-order chi connectivity index (χ0) is 45.1. The number of methoxy groups -OCH3 is 1. The lowest BCUT2D eigenvalue weighted by Crippen LogP contribution is -2.54. The van der Waals surface area contributed by atoms with Crippen molar-refractivity contribution >= 4 is 68.3 Å². The van der Waals surface area contributed by atoms with Crippen LogP contribution in [0.5, 0.6) is 5.75 Å². The fourth-order valence-corrected chi connectivity index (χ4v) is 8.44. The van der Waals surface area contributed by atoms with E-state index in [0.717, 1.165) is 11.3 Å². The Morgan fingerprint density at radius 2 is 1.70 bits per heavy atom. The molecule has 1 saturated heterocycles. The van der Waals surface area contributed by atoms with Crippen molar-refractivity contribution in [3.05, 3.63) is 89.5 Å². The Labute approximate surface area is 362 Å². The molecule has 6 amide bonds. The maximum Gasteiger partial charge on any atom is 0.264 e. The molecule has 0 bridgehead atoms. The molecule has 0 aliphatic carbocycles. The number of ether oxygens (including phenoxy) is 1. The van der Waals surface area contributed by atoms with E-state index in [4.69, 9.17) is 4.74 Å². The summed E-state index contributed by atoms with van der Waals surface area (Å²) in [5.74, 6) is -3.37. The maximum atomic E-state index is 13.7. The number of anilines is 3. The number of piperidine rings is 1. The summed E-state index contributed by atoms with van der Waals surface area (Å²) in [7, 11) is -1.60. The van der Waals surface area contributed by atoms with Crippen LogP contribution in [0, 0.1) is 5.82 Å². The standard InChI is InChI=1S/C43H46FN9O9S/c1-62-34-23-27(44)12-15-30(34)39-47-25-48-43(51-39)49-28-9-6-8-26(22-28)24-63(2,61)52-37(57)18-14-29(54)13-17-35(55)46-21-5-3-4-20-45-32-11-7-10-31-38(32)42(60)53(41(31)59)33-16-19-36(56)50-40(33)58/h6-12,15,22-23,25,33,45H,3-5,13-14,16-21,24H2,1-2H3,(H,46,55)(H,50,56,58)(H,47,48,49,51). The summed E-state index contributed by atoms with van der Waals surface area (Å²) >= 11 is 0. The van der Waals surface area contributed by atoms with Crippen LogP contribution in [0.2, 0.25) is 0 Å². The second-order valence-corrected chi connectivity index (χ2v) is 17.3. The summed E-state index contributed by atoms with van der Waals surface area (Å²) in [6.45, 7) is 0.859. The normalized spacial score (nSPS) is 15.5. The van der Waals surface area contributed by atoms with E-state index in [1.807, 2.05) is 0 Å². The topological polar surface area (TPSA) is 248 Å². The number of nitrogens with zero attached hydrogens (tertiary/aromatic N) is 5. The number of carbonyl (C=O) groups is 7. The summed E-state index contributed by atoms with van der Waals surface area (Å²) in [4.78, 5) is 101. The van der Waals surface area contributed by atoms with Gasteiger partial charge in [0.2, 0.25) is 23.7 Å². The van der Waals surface area contributed by atoms with Crippen LogP contribution in [0.3, 0.4) is 0 Å². The largest absolute Gasteiger partial charge is 0.496 e. The molecule has 2 atom stereocenters. The van der Waals surface area contributed by atoms with Crippen LogP contribution in [0.4, 0.5) is 21.7 Å². The van der Waals surface area contributed by atoms with Crippen molar-refractivity contribution in [2.24, 2.45) is 4.36 Å². The van der Waals surface area contributed by atoms with Gasteiger partial charge in [0, 0.05) is 68.9 Å². The number of imide groups is 2. The number of ketones is 1. The van der Waals surface area contributed by atoms with Gasteiger partial charge in [0.1, 0.15) is 29.7 Å². The summed E-state index contributed by atoms with van der Waals surface area (Å²) < 4.78 is 36.1. The Kier molecular flexibility index (Phi) is 15.0. The first-order chi connectivity index (χ1) is 30.2. The van der Waals surface area contributed by atoms with E-state index < -0.39 is 51.1 Å². The number of nitrogens with one attached hydrogen (secondary N) is 4. The minimum atomic E-state index is -3.02. The average Bonchev–Trinajstić information content (AvgIpc) is 3.50. The quantitative estimate of drug-likeness (QED) is 0.0706. The van der Waals surface area contributed by atoms with E-state index in [2.05, 4.69) is 40.6 Å². The SMILES string of the molecule is COc1cc(F)ccc1-c1ncnc(Nc2cccc(CS(C)(=O)=NC(=O)CCC(=O)CCC(=O)NCCCCCNc3cccc4c3C(=O)N(C3CCC(=O)NC3=O)C4=O)c2)n1. The number of fused-ring (bicyclic) bond motifs is 1. The minimum absolute atomic E-state index is 0.0335. The number of hydrogen-bond acceptors (Lipinski definition) is 14. The molecule has 63 heavy (non-hydrogen) atoms. The molecule has 20 heteroatoms. The zero-order valence-electron chi connectivity index (χ0n) is 34.6. The predicted octanol–water partition coefficient (Wildman–Crippen LogP) is 4.48. The number of aromatic nitrogens is 3. The molecule has 0 saturated carbocycles. The number of hydrogen-bond donors (Lipinski definition) is 4. The van der Waals surface area contributed by atoms with Crippen LogP contribution in [-0.4, -0.2) is 97.8 Å². The van der Waals surface area contributed by atoms with Gasteiger partial charge in [-0.3, -0.25) is 43.8 Å². The van der Waals surface area contributed by atoms with E-state index in [1.54, 1.807) is 36.4 Å². The lowest BCUT2D eigenvalue weighted by atomic mass is 10.0. The van der Waals surface area contributed by atoms with Gasteiger partial charge in [0.25, 0.3) is 17.7 Å². The molecule has 18 nitrogen and oxygen atoms in total. The third-order valence-electron chi connectivity index (χ3n) is 10.1. The first kappa shape index (κ1) is 45.6. The van der Waals surface area contributed by atoms with Gasteiger partial charge < -0.3 is 20.7 Å². The van der Waals surface area contributed by atoms with Crippen LogP contribution in [0.1, 0.15) is 84.1 Å². The highest BCUT2D eigenvalue weighted by atomic mass is 32.2. The molecule has 3 heterocycles. The van der Waals surface area contributed by atoms with Gasteiger partial charge in [-0.1, -0.05) is 18.2 Å². The molecule has 330 valence electrons. The molecule has 2 aliphatic rings. The fraction of sp³-hybridized carbons (Fsp3) is 0.349. The zero-order valence-corrected chi connectivity index (χ0v) is 35.4. The van der Waals surface area contributed by atoms with E-state index in [-0.39, 0.29) is 84.6 Å². The summed E-state index contributed by atoms with van der Waals surface area (Å²) in [5, 5.41) is 11.2. The highest BCUT2D eigenvalue weighted by molar-refractivity contribution is 7.92. The Hall–Kier alpha value is -6.96. The van der Waals surface area contributed by atoms with Crippen molar-refractivity contribution in [3.8, 4) is 17.1 Å². The molecule has 2 unspecified atom stereocenters. The summed E-state index contributed by atoms with van der Waals surface area (Å²) in [5.41, 5.74) is 2.49. The van der Waals surface area contributed by atoms with Crippen molar-refractivity contribution in [1.29, 1.82) is 0 Å². The van der Waals surface area contributed by atoms with Crippen molar-refractivity contribution < 1.29 is 46.9 Å². The van der Waals surface area contributed by atoms with Crippen molar-refractivity contribution in [2.75, 3.05) is 37.1 Å². The fourth-order valence-electron chi connectivity index (χ4n) is 7.06. The van der Waals surface area contributed by atoms with Crippen LogP contribution < -0.4 is 26.0 Å². The van der Waals surface area contributed by atoms with E-state index >= 15 is 0 Å². The smallest absolute Gasteiger partial charge is 0.264 e. The Morgan fingerprint density at radius 3 is 2.49 bits per heavy atom. The molecule has 6 rings (SSSR count). The monoisotopic (exact) mass is 883 g/mol. The lowest BCUT2D eigenvalue weighted by molar-refractivity contribution is -0.136. The third kappa shape index (κ3) is 12.1. The number of unbranched alkanes of at least 4 members (excludes halogenated alkanes) is 2. The molecular formula is C43H46FN9O9S. The average molecular weight is 884 g/mol. The van der Waals surface area contributed by atoms with Crippen LogP contribution in [0.15, 0.2) is 71.4 Å². The van der Waals surface area contributed by atoms with Crippen molar-refractivity contribution in [2.45, 2.75) is 69.6 Å². The molecule has 4 N–H and O–H groups in total. The minimum Gasteiger partial charge on any atom is -0.496 e. The first-order valence-corrected chi connectivity index (χ1v) is 22.3. The van der Waals surface area contributed by atoms with Gasteiger partial charge in [-0.15, -0.1) is 0 Å². The van der Waals surface area contributed by atoms with Crippen molar-refractivity contribution in [1.82, 2.24) is 30.5 Å². The number of amides is 6. The van der Waals surface area contributed by atoms with Crippen LogP contribution in [0.25, 0.3) is 11.4 Å². The second kappa shape index (κ2) is 20.7. The Bertz CT molecular complexity index is 2580. The Balaban J connectivity index is 0.866. The molecule has 3 aromatic carbocycles. The van der Waals surface area contributed by atoms with E-state index in [9.17, 15) is 42.2 Å². The van der Waals surface area contributed by atoms with Gasteiger partial charge >= 0.3 is 0 Å². The van der Waals surface area contributed by atoms with Gasteiger partial charge in [0.05, 0.1) is 39.3 Å². The third-order valence-corrected chi connectivity index (χ3v) is 11.6. The Morgan fingerprint density at radius 1 is 0.921 bits per heavy atom. The predicted molar refractivity (Wildman–Crippen MR) is 229 cm³/mol. The van der Waals surface area contributed by atoms with Crippen LogP contribution >= 0.6 is 0 Å². The second-order valence-electron chi connectivity index (χ2n) is 14.9. The van der Waals surface area contributed by atoms with Gasteiger partial charge in [0.15, 0.2) is 5.82 Å². The molecule has 4 aromatic rings. The van der Waals surface area contributed by atoms with Crippen LogP contribution in [-0.2, 0) is 39.5 Å². The summed E-state index contributed by atoms with van der Waals surface area (Å²) in [6, 6.07) is 14.7. The van der Waals surface area contributed by atoms with Gasteiger partial charge in [-0.05, 0) is 67.6 Å². The number of Topliss-reactive ketones (excluding diaryl/α,β-unsaturated/α-hetero) is 1. The molecule has 2 aliphatic heterocycles. The molecule has 0 spiro atoms. The lowest BCUT2D eigenvalue weighted by Gasteiger charge is -2.27. The van der Waals surface area contributed by atoms with Gasteiger partial charge in [-0.25, -0.2) is 18.6 Å². The molecule has 1 aromatic heterocycles. The molecule has 1 fully saturated rings. The molecule has 0 radical (unpaired) electrons. The number of benzene rings is 3. The highest BCUT2D eigenvalue weighted by Gasteiger charge is 2.45. The number of halogens is 1. The number of rotatable bonds is 20. The first-order valence-electron chi connectivity index (χ1n) is 20.2. The maximum absolute atomic E-state index is 13.7. The van der Waals surface area contributed by atoms with E-state index in [1.165, 1.54) is 44.0 Å².